The lowest BCUT2D eigenvalue weighted by atomic mass is 10.3. The van der Waals surface area contributed by atoms with Crippen LogP contribution in [0.2, 0.25) is 0 Å². The summed E-state index contributed by atoms with van der Waals surface area (Å²) in [6, 6.07) is 3.37. The van der Waals surface area contributed by atoms with Gasteiger partial charge in [0.25, 0.3) is 10.0 Å². The highest BCUT2D eigenvalue weighted by Gasteiger charge is 2.21. The molecule has 0 aromatic carbocycles. The second-order valence-electron chi connectivity index (χ2n) is 3.95. The van der Waals surface area contributed by atoms with Crippen LogP contribution in [-0.2, 0) is 10.0 Å². The molecular weight excluding hydrogens is 268 g/mol. The van der Waals surface area contributed by atoms with Crippen LogP contribution in [0, 0.1) is 6.92 Å². The molecule has 0 aliphatic heterocycles. The van der Waals surface area contributed by atoms with Crippen LogP contribution in [0.1, 0.15) is 5.76 Å². The average Bonchev–Trinajstić information content (AvgIpc) is 2.96. The van der Waals surface area contributed by atoms with Gasteiger partial charge in [0.15, 0.2) is 5.76 Å². The van der Waals surface area contributed by atoms with E-state index in [0.29, 0.717) is 22.5 Å². The fourth-order valence-electron chi connectivity index (χ4n) is 1.75. The number of aromatic nitrogens is 3. The highest BCUT2D eigenvalue weighted by Crippen LogP contribution is 2.24. The van der Waals surface area contributed by atoms with Gasteiger partial charge in [0.2, 0.25) is 0 Å². The summed E-state index contributed by atoms with van der Waals surface area (Å²) >= 11 is 0. The van der Waals surface area contributed by atoms with E-state index in [-0.39, 0.29) is 4.90 Å². The number of anilines is 1. The van der Waals surface area contributed by atoms with Crippen molar-refractivity contribution in [3.8, 4) is 0 Å². The topological polar surface area (TPSA) is 101 Å². The van der Waals surface area contributed by atoms with Crippen molar-refractivity contribution in [1.82, 2.24) is 15.1 Å². The van der Waals surface area contributed by atoms with Gasteiger partial charge in [0.1, 0.15) is 16.2 Å². The zero-order valence-corrected chi connectivity index (χ0v) is 10.7. The Morgan fingerprint density at radius 3 is 3.00 bits per heavy atom. The molecule has 0 unspecified atom stereocenters. The second kappa shape index (κ2) is 4.09. The van der Waals surface area contributed by atoms with Gasteiger partial charge in [-0.3, -0.25) is 4.72 Å². The minimum atomic E-state index is -3.71. The summed E-state index contributed by atoms with van der Waals surface area (Å²) in [7, 11) is -3.71. The number of aryl methyl sites for hydroxylation is 1. The van der Waals surface area contributed by atoms with Crippen molar-refractivity contribution in [2.24, 2.45) is 0 Å². The van der Waals surface area contributed by atoms with Gasteiger partial charge in [-0.15, -0.1) is 0 Å². The molecule has 3 rings (SSSR count). The number of fused-ring (bicyclic) bond motifs is 1. The van der Waals surface area contributed by atoms with Crippen molar-refractivity contribution in [3.63, 3.8) is 0 Å². The van der Waals surface area contributed by atoms with Gasteiger partial charge < -0.3 is 9.51 Å². The Morgan fingerprint density at radius 1 is 1.42 bits per heavy atom. The Bertz CT molecular complexity index is 834. The van der Waals surface area contributed by atoms with E-state index in [9.17, 15) is 8.42 Å². The number of hydrogen-bond donors (Lipinski definition) is 2. The van der Waals surface area contributed by atoms with E-state index in [2.05, 4.69) is 19.8 Å². The van der Waals surface area contributed by atoms with Crippen LogP contribution in [0.15, 0.2) is 40.1 Å². The first-order valence-electron chi connectivity index (χ1n) is 5.44. The van der Waals surface area contributed by atoms with Gasteiger partial charge in [-0.1, -0.05) is 5.16 Å². The molecule has 0 radical (unpaired) electrons. The summed E-state index contributed by atoms with van der Waals surface area (Å²) in [5.41, 5.74) is 0.836. The minimum absolute atomic E-state index is 0.135. The number of pyridine rings is 1. The van der Waals surface area contributed by atoms with Crippen molar-refractivity contribution >= 4 is 26.7 Å². The summed E-state index contributed by atoms with van der Waals surface area (Å²) < 4.78 is 31.8. The number of aromatic amines is 1. The van der Waals surface area contributed by atoms with Crippen LogP contribution in [0.4, 0.5) is 5.69 Å². The largest absolute Gasteiger partial charge is 0.359 e. The van der Waals surface area contributed by atoms with Crippen LogP contribution in [-0.4, -0.2) is 23.5 Å². The molecule has 0 spiro atoms. The Kier molecular flexibility index (Phi) is 2.53. The number of rotatable bonds is 3. The molecule has 0 aliphatic rings. The Hall–Kier alpha value is -2.35. The highest BCUT2D eigenvalue weighted by atomic mass is 32.2. The summed E-state index contributed by atoms with van der Waals surface area (Å²) in [5, 5.41) is 4.06. The molecule has 19 heavy (non-hydrogen) atoms. The van der Waals surface area contributed by atoms with E-state index in [1.807, 2.05) is 0 Å². The molecule has 3 aromatic heterocycles. The lowest BCUT2D eigenvalue weighted by Gasteiger charge is -2.04. The van der Waals surface area contributed by atoms with Crippen molar-refractivity contribution in [3.05, 3.63) is 36.5 Å². The van der Waals surface area contributed by atoms with Crippen LogP contribution in [0.3, 0.4) is 0 Å². The third-order valence-electron chi connectivity index (χ3n) is 2.70. The van der Waals surface area contributed by atoms with Gasteiger partial charge in [-0.2, -0.15) is 0 Å². The van der Waals surface area contributed by atoms with Crippen LogP contribution >= 0.6 is 0 Å². The Morgan fingerprint density at radius 2 is 2.26 bits per heavy atom. The van der Waals surface area contributed by atoms with Gasteiger partial charge in [-0.05, 0) is 19.1 Å². The number of nitrogens with one attached hydrogen (secondary N) is 2. The maximum absolute atomic E-state index is 12.3. The number of sulfonamides is 1. The Labute approximate surface area is 108 Å². The molecule has 98 valence electrons. The van der Waals surface area contributed by atoms with E-state index in [4.69, 9.17) is 4.52 Å². The molecule has 0 bridgehead atoms. The van der Waals surface area contributed by atoms with Crippen LogP contribution in [0.5, 0.6) is 0 Å². The zero-order valence-electron chi connectivity index (χ0n) is 9.91. The van der Waals surface area contributed by atoms with Gasteiger partial charge in [0.05, 0.1) is 6.20 Å². The quantitative estimate of drug-likeness (QED) is 0.758. The monoisotopic (exact) mass is 278 g/mol. The van der Waals surface area contributed by atoms with E-state index >= 15 is 0 Å². The molecule has 3 aromatic rings. The maximum Gasteiger partial charge on any atom is 0.264 e. The normalized spacial score (nSPS) is 11.8. The third-order valence-corrected chi connectivity index (χ3v) is 4.10. The van der Waals surface area contributed by atoms with E-state index in [1.165, 1.54) is 12.4 Å². The summed E-state index contributed by atoms with van der Waals surface area (Å²) in [6.45, 7) is 1.63. The molecule has 7 nitrogen and oxygen atoms in total. The van der Waals surface area contributed by atoms with E-state index in [1.54, 1.807) is 25.3 Å². The number of H-pyrrole nitrogens is 1. The SMILES string of the molecule is Cc1oncc1NS(=O)(=O)c1c[nH]c2ncccc12. The molecular formula is C11H10N4O3S. The molecule has 0 saturated heterocycles. The van der Waals surface area contributed by atoms with E-state index in [0.717, 1.165) is 0 Å². The standard InChI is InChI=1S/C11H10N4O3S/c1-7-9(5-14-18-7)15-19(16,17)10-6-13-11-8(10)3-2-4-12-11/h2-6,15H,1H3,(H,12,13). The third kappa shape index (κ3) is 1.95. The van der Waals surface area contributed by atoms with Crippen molar-refractivity contribution in [2.45, 2.75) is 11.8 Å². The molecule has 0 fully saturated rings. The van der Waals surface area contributed by atoms with Crippen molar-refractivity contribution < 1.29 is 12.9 Å². The highest BCUT2D eigenvalue weighted by molar-refractivity contribution is 7.93. The first-order valence-corrected chi connectivity index (χ1v) is 6.92. The fourth-order valence-corrected chi connectivity index (χ4v) is 3.01. The molecule has 0 aliphatic carbocycles. The maximum atomic E-state index is 12.3. The molecule has 3 heterocycles. The molecule has 0 saturated carbocycles. The average molecular weight is 278 g/mol. The van der Waals surface area contributed by atoms with Crippen molar-refractivity contribution in [1.29, 1.82) is 0 Å². The molecule has 2 N–H and O–H groups in total. The van der Waals surface area contributed by atoms with Crippen LogP contribution < -0.4 is 4.72 Å². The van der Waals surface area contributed by atoms with E-state index < -0.39 is 10.0 Å². The Balaban J connectivity index is 2.08. The smallest absolute Gasteiger partial charge is 0.264 e. The predicted octanol–water partition coefficient (Wildman–Crippen LogP) is 1.66. The van der Waals surface area contributed by atoms with Gasteiger partial charge in [0, 0.05) is 17.8 Å². The molecule has 0 amide bonds. The summed E-state index contributed by atoms with van der Waals surface area (Å²) in [4.78, 5) is 7.01. The molecule has 0 atom stereocenters. The molecule has 8 heteroatoms. The van der Waals surface area contributed by atoms with Gasteiger partial charge in [-0.25, -0.2) is 13.4 Å². The number of hydrogen-bond acceptors (Lipinski definition) is 5. The first-order chi connectivity index (χ1) is 9.08. The van der Waals surface area contributed by atoms with Gasteiger partial charge >= 0.3 is 0 Å². The lowest BCUT2D eigenvalue weighted by Crippen LogP contribution is -2.12. The minimum Gasteiger partial charge on any atom is -0.359 e. The summed E-state index contributed by atoms with van der Waals surface area (Å²) in [5.74, 6) is 0.404. The number of nitrogens with zero attached hydrogens (tertiary/aromatic N) is 2. The lowest BCUT2D eigenvalue weighted by molar-refractivity contribution is 0.398. The fraction of sp³-hybridized carbons (Fsp3) is 0.0909. The van der Waals surface area contributed by atoms with Crippen molar-refractivity contribution in [2.75, 3.05) is 4.72 Å². The van der Waals surface area contributed by atoms with Crippen LogP contribution in [0.25, 0.3) is 11.0 Å². The zero-order chi connectivity index (χ0) is 13.5. The summed E-state index contributed by atoms with van der Waals surface area (Å²) in [6.07, 6.45) is 4.32. The predicted molar refractivity (Wildman–Crippen MR) is 68.1 cm³/mol. The second-order valence-corrected chi connectivity index (χ2v) is 5.60. The first kappa shape index (κ1) is 11.7.